The van der Waals surface area contributed by atoms with Crippen LogP contribution in [0.25, 0.3) is 0 Å². The number of hydrogen-bond acceptors (Lipinski definition) is 6. The van der Waals surface area contributed by atoms with Gasteiger partial charge in [-0.05, 0) is 19.1 Å². The summed E-state index contributed by atoms with van der Waals surface area (Å²) >= 11 is 5.99. The molecule has 1 unspecified atom stereocenters. The average molecular weight is 401 g/mol. The largest absolute Gasteiger partial charge is 0.480 e. The van der Waals surface area contributed by atoms with Gasteiger partial charge in [-0.1, -0.05) is 59.2 Å². The minimum atomic E-state index is -1.18. The summed E-state index contributed by atoms with van der Waals surface area (Å²) in [5.74, 6) is -0.172. The second-order valence-corrected chi connectivity index (χ2v) is 6.22. The third-order valence-electron chi connectivity index (χ3n) is 3.65. The van der Waals surface area contributed by atoms with Gasteiger partial charge in [0, 0.05) is 11.6 Å². The molecule has 3 aromatic rings. The quantitative estimate of drug-likeness (QED) is 0.604. The molecule has 144 valence electrons. The minimum absolute atomic E-state index is 0.229. The standard InChI is InChI=1S/C20H17ClN2O5/c1-13-11-17(23-28-13)22-20(25)19(14-7-3-2-4-8-14)27-18(24)12-26-16-10-6-5-9-15(16)21/h2-11,19H,12H2,1H3,(H,22,23,25). The van der Waals surface area contributed by atoms with Crippen molar-refractivity contribution in [3.63, 3.8) is 0 Å². The number of para-hydroxylation sites is 1. The van der Waals surface area contributed by atoms with Gasteiger partial charge in [0.1, 0.15) is 11.5 Å². The van der Waals surface area contributed by atoms with E-state index in [9.17, 15) is 9.59 Å². The second kappa shape index (κ2) is 9.05. The molecule has 0 fully saturated rings. The van der Waals surface area contributed by atoms with E-state index in [1.165, 1.54) is 0 Å². The van der Waals surface area contributed by atoms with Crippen molar-refractivity contribution in [1.82, 2.24) is 5.16 Å². The SMILES string of the molecule is Cc1cc(NC(=O)C(OC(=O)COc2ccccc2Cl)c2ccccc2)no1. The fourth-order valence-corrected chi connectivity index (χ4v) is 2.57. The van der Waals surface area contributed by atoms with Crippen LogP contribution < -0.4 is 10.1 Å². The molecule has 0 aliphatic rings. The molecule has 0 aliphatic heterocycles. The van der Waals surface area contributed by atoms with Crippen LogP contribution in [0.3, 0.4) is 0 Å². The smallest absolute Gasteiger partial charge is 0.345 e. The van der Waals surface area contributed by atoms with Crippen LogP contribution in [-0.4, -0.2) is 23.6 Å². The summed E-state index contributed by atoms with van der Waals surface area (Å²) in [4.78, 5) is 24.9. The fourth-order valence-electron chi connectivity index (χ4n) is 2.38. The Bertz CT molecular complexity index is 958. The highest BCUT2D eigenvalue weighted by Crippen LogP contribution is 2.24. The summed E-state index contributed by atoms with van der Waals surface area (Å²) in [6.45, 7) is 1.30. The predicted molar refractivity (Wildman–Crippen MR) is 102 cm³/mol. The average Bonchev–Trinajstić information content (AvgIpc) is 3.10. The first kappa shape index (κ1) is 19.4. The van der Waals surface area contributed by atoms with Crippen molar-refractivity contribution < 1.29 is 23.6 Å². The summed E-state index contributed by atoms with van der Waals surface area (Å²) in [5, 5.41) is 6.65. The molecule has 0 radical (unpaired) electrons. The van der Waals surface area contributed by atoms with E-state index in [0.29, 0.717) is 22.1 Å². The Morgan fingerprint density at radius 2 is 1.86 bits per heavy atom. The highest BCUT2D eigenvalue weighted by atomic mass is 35.5. The van der Waals surface area contributed by atoms with Gasteiger partial charge < -0.3 is 19.3 Å². The van der Waals surface area contributed by atoms with Crippen LogP contribution in [-0.2, 0) is 14.3 Å². The first-order valence-electron chi connectivity index (χ1n) is 8.39. The zero-order chi connectivity index (χ0) is 19.9. The van der Waals surface area contributed by atoms with Gasteiger partial charge in [-0.25, -0.2) is 4.79 Å². The number of aromatic nitrogens is 1. The third kappa shape index (κ3) is 5.11. The Morgan fingerprint density at radius 3 is 2.54 bits per heavy atom. The molecule has 7 nitrogen and oxygen atoms in total. The third-order valence-corrected chi connectivity index (χ3v) is 3.96. The number of esters is 1. The molecule has 0 spiro atoms. The van der Waals surface area contributed by atoms with E-state index >= 15 is 0 Å². The Labute approximate surface area is 166 Å². The lowest BCUT2D eigenvalue weighted by Gasteiger charge is -2.17. The normalized spacial score (nSPS) is 11.5. The molecule has 1 heterocycles. The van der Waals surface area contributed by atoms with Crippen molar-refractivity contribution in [2.45, 2.75) is 13.0 Å². The molecule has 28 heavy (non-hydrogen) atoms. The van der Waals surface area contributed by atoms with Crippen molar-refractivity contribution in [3.05, 3.63) is 77.0 Å². The van der Waals surface area contributed by atoms with Crippen LogP contribution in [0, 0.1) is 6.92 Å². The number of amides is 1. The number of rotatable bonds is 7. The Hall–Kier alpha value is -3.32. The van der Waals surface area contributed by atoms with Crippen LogP contribution in [0.2, 0.25) is 5.02 Å². The first-order chi connectivity index (χ1) is 13.5. The Kier molecular flexibility index (Phi) is 6.29. The summed E-state index contributed by atoms with van der Waals surface area (Å²) in [6.07, 6.45) is -1.18. The van der Waals surface area contributed by atoms with Crippen molar-refractivity contribution in [2.24, 2.45) is 0 Å². The van der Waals surface area contributed by atoms with E-state index < -0.39 is 24.6 Å². The molecule has 2 aromatic carbocycles. The zero-order valence-electron chi connectivity index (χ0n) is 14.9. The number of nitrogens with one attached hydrogen (secondary N) is 1. The molecule has 0 saturated heterocycles. The molecule has 1 aromatic heterocycles. The van der Waals surface area contributed by atoms with Crippen molar-refractivity contribution in [2.75, 3.05) is 11.9 Å². The van der Waals surface area contributed by atoms with E-state index in [0.717, 1.165) is 0 Å². The van der Waals surface area contributed by atoms with Crippen LogP contribution in [0.4, 0.5) is 5.82 Å². The maximum absolute atomic E-state index is 12.7. The Morgan fingerprint density at radius 1 is 1.14 bits per heavy atom. The highest BCUT2D eigenvalue weighted by Gasteiger charge is 2.26. The fraction of sp³-hybridized carbons (Fsp3) is 0.150. The zero-order valence-corrected chi connectivity index (χ0v) is 15.7. The maximum Gasteiger partial charge on any atom is 0.345 e. The molecule has 1 N–H and O–H groups in total. The summed E-state index contributed by atoms with van der Waals surface area (Å²) < 4.78 is 15.7. The number of benzene rings is 2. The van der Waals surface area contributed by atoms with E-state index in [-0.39, 0.29) is 5.82 Å². The lowest BCUT2D eigenvalue weighted by atomic mass is 10.1. The number of anilines is 1. The number of ether oxygens (including phenoxy) is 2. The van der Waals surface area contributed by atoms with Crippen molar-refractivity contribution in [3.8, 4) is 5.75 Å². The molecule has 0 bridgehead atoms. The van der Waals surface area contributed by atoms with Gasteiger partial charge in [0.15, 0.2) is 12.4 Å². The van der Waals surface area contributed by atoms with Gasteiger partial charge in [0.25, 0.3) is 5.91 Å². The van der Waals surface area contributed by atoms with Gasteiger partial charge in [0.2, 0.25) is 6.10 Å². The summed E-state index contributed by atoms with van der Waals surface area (Å²) in [7, 11) is 0. The lowest BCUT2D eigenvalue weighted by Crippen LogP contribution is -2.28. The summed E-state index contributed by atoms with van der Waals surface area (Å²) in [5.41, 5.74) is 0.506. The first-order valence-corrected chi connectivity index (χ1v) is 8.76. The van der Waals surface area contributed by atoms with Gasteiger partial charge in [-0.3, -0.25) is 4.79 Å². The molecule has 0 saturated carbocycles. The number of hydrogen-bond donors (Lipinski definition) is 1. The monoisotopic (exact) mass is 400 g/mol. The van der Waals surface area contributed by atoms with Gasteiger partial charge in [0.05, 0.1) is 5.02 Å². The van der Waals surface area contributed by atoms with E-state index in [4.69, 9.17) is 25.6 Å². The molecule has 3 rings (SSSR count). The van der Waals surface area contributed by atoms with E-state index in [1.54, 1.807) is 67.6 Å². The highest BCUT2D eigenvalue weighted by molar-refractivity contribution is 6.32. The van der Waals surface area contributed by atoms with Gasteiger partial charge >= 0.3 is 5.97 Å². The van der Waals surface area contributed by atoms with Crippen LogP contribution in [0.15, 0.2) is 65.2 Å². The predicted octanol–water partition coefficient (Wildman–Crippen LogP) is 3.94. The summed E-state index contributed by atoms with van der Waals surface area (Å²) in [6, 6.07) is 16.9. The second-order valence-electron chi connectivity index (χ2n) is 5.81. The van der Waals surface area contributed by atoms with E-state index in [1.807, 2.05) is 0 Å². The van der Waals surface area contributed by atoms with Crippen LogP contribution >= 0.6 is 11.6 Å². The molecule has 8 heteroatoms. The maximum atomic E-state index is 12.7. The molecule has 1 atom stereocenters. The lowest BCUT2D eigenvalue weighted by molar-refractivity contribution is -0.156. The van der Waals surface area contributed by atoms with Gasteiger partial charge in [-0.15, -0.1) is 0 Å². The minimum Gasteiger partial charge on any atom is -0.480 e. The Balaban J connectivity index is 1.69. The number of nitrogens with zero attached hydrogens (tertiary/aromatic N) is 1. The molecular weight excluding hydrogens is 384 g/mol. The number of halogens is 1. The topological polar surface area (TPSA) is 90.7 Å². The number of carbonyl (C=O) groups is 2. The van der Waals surface area contributed by atoms with Crippen molar-refractivity contribution in [1.29, 1.82) is 0 Å². The van der Waals surface area contributed by atoms with E-state index in [2.05, 4.69) is 10.5 Å². The number of carbonyl (C=O) groups excluding carboxylic acids is 2. The molecular formula is C20H17ClN2O5. The van der Waals surface area contributed by atoms with Crippen molar-refractivity contribution >= 4 is 29.3 Å². The molecule has 1 amide bonds. The van der Waals surface area contributed by atoms with Crippen LogP contribution in [0.1, 0.15) is 17.4 Å². The number of aryl methyl sites for hydroxylation is 1. The van der Waals surface area contributed by atoms with Gasteiger partial charge in [-0.2, -0.15) is 0 Å². The van der Waals surface area contributed by atoms with Crippen LogP contribution in [0.5, 0.6) is 5.75 Å². The molecule has 0 aliphatic carbocycles.